The Balaban J connectivity index is 1.62. The van der Waals surface area contributed by atoms with E-state index in [2.05, 4.69) is 10.4 Å². The second-order valence-corrected chi connectivity index (χ2v) is 6.05. The number of likely N-dealkylation sites (tertiary alicyclic amines) is 1. The Bertz CT molecular complexity index is 439. The van der Waals surface area contributed by atoms with Crippen LogP contribution in [0.3, 0.4) is 0 Å². The monoisotopic (exact) mass is 276 g/mol. The number of piperidine rings is 1. The first-order valence-corrected chi connectivity index (χ1v) is 7.77. The van der Waals surface area contributed by atoms with Gasteiger partial charge in [-0.1, -0.05) is 0 Å². The highest BCUT2D eigenvalue weighted by Gasteiger charge is 2.32. The van der Waals surface area contributed by atoms with Crippen molar-refractivity contribution in [1.29, 1.82) is 0 Å². The van der Waals surface area contributed by atoms with Crippen molar-refractivity contribution in [2.75, 3.05) is 19.6 Å². The molecule has 2 aliphatic rings. The van der Waals surface area contributed by atoms with Crippen molar-refractivity contribution in [3.8, 4) is 0 Å². The van der Waals surface area contributed by atoms with Gasteiger partial charge in [0.25, 0.3) is 0 Å². The summed E-state index contributed by atoms with van der Waals surface area (Å²) in [7, 11) is 0. The number of rotatable bonds is 3. The molecule has 5 heteroatoms. The SMILES string of the molecule is CC(C(=O)N1CCCC(C2CCCN2)C1)n1cccn1. The summed E-state index contributed by atoms with van der Waals surface area (Å²) in [5.74, 6) is 0.830. The zero-order chi connectivity index (χ0) is 13.9. The van der Waals surface area contributed by atoms with Crippen LogP contribution in [-0.2, 0) is 4.79 Å². The van der Waals surface area contributed by atoms with E-state index in [1.807, 2.05) is 24.1 Å². The lowest BCUT2D eigenvalue weighted by Crippen LogP contribution is -2.47. The summed E-state index contributed by atoms with van der Waals surface area (Å²) in [5.41, 5.74) is 0. The van der Waals surface area contributed by atoms with Gasteiger partial charge >= 0.3 is 0 Å². The molecule has 1 N–H and O–H groups in total. The molecule has 3 unspecified atom stereocenters. The largest absolute Gasteiger partial charge is 0.341 e. The Hall–Kier alpha value is -1.36. The maximum atomic E-state index is 12.6. The van der Waals surface area contributed by atoms with Crippen LogP contribution in [-0.4, -0.2) is 46.3 Å². The molecule has 3 atom stereocenters. The summed E-state index contributed by atoms with van der Waals surface area (Å²) in [5, 5.41) is 7.77. The molecule has 0 aromatic carbocycles. The van der Waals surface area contributed by atoms with Gasteiger partial charge in [-0.15, -0.1) is 0 Å². The molecule has 1 amide bonds. The first-order valence-electron chi connectivity index (χ1n) is 7.77. The van der Waals surface area contributed by atoms with E-state index >= 15 is 0 Å². The summed E-state index contributed by atoms with van der Waals surface area (Å²) < 4.78 is 1.75. The van der Waals surface area contributed by atoms with Crippen molar-refractivity contribution in [2.24, 2.45) is 5.92 Å². The standard InChI is InChI=1S/C15H24N4O/c1-12(19-10-4-8-17-19)15(20)18-9-3-5-13(11-18)14-6-2-7-16-14/h4,8,10,12-14,16H,2-3,5-7,9,11H2,1H3. The molecule has 1 aromatic rings. The Labute approximate surface area is 120 Å². The van der Waals surface area contributed by atoms with Crippen LogP contribution in [0.2, 0.25) is 0 Å². The molecule has 20 heavy (non-hydrogen) atoms. The first kappa shape index (κ1) is 13.6. The average Bonchev–Trinajstić information content (AvgIpc) is 3.18. The van der Waals surface area contributed by atoms with Crippen LogP contribution in [0.4, 0.5) is 0 Å². The molecule has 0 spiro atoms. The van der Waals surface area contributed by atoms with E-state index < -0.39 is 0 Å². The normalized spacial score (nSPS) is 28.6. The van der Waals surface area contributed by atoms with Crippen molar-refractivity contribution >= 4 is 5.91 Å². The number of aromatic nitrogens is 2. The van der Waals surface area contributed by atoms with Gasteiger partial charge in [-0.25, -0.2) is 0 Å². The fourth-order valence-electron chi connectivity index (χ4n) is 3.54. The van der Waals surface area contributed by atoms with Crippen LogP contribution < -0.4 is 5.32 Å². The summed E-state index contributed by atoms with van der Waals surface area (Å²) in [6.07, 6.45) is 8.51. The molecule has 110 valence electrons. The molecule has 3 heterocycles. The fourth-order valence-corrected chi connectivity index (χ4v) is 3.54. The van der Waals surface area contributed by atoms with Gasteiger partial charge < -0.3 is 10.2 Å². The summed E-state index contributed by atoms with van der Waals surface area (Å²) in [6, 6.07) is 2.29. The smallest absolute Gasteiger partial charge is 0.247 e. The second kappa shape index (κ2) is 5.95. The van der Waals surface area contributed by atoms with Crippen LogP contribution in [0.5, 0.6) is 0 Å². The highest BCUT2D eigenvalue weighted by atomic mass is 16.2. The van der Waals surface area contributed by atoms with E-state index in [0.717, 1.165) is 26.1 Å². The zero-order valence-electron chi connectivity index (χ0n) is 12.2. The molecule has 2 aliphatic heterocycles. The molecule has 0 bridgehead atoms. The third-order valence-electron chi connectivity index (χ3n) is 4.72. The topological polar surface area (TPSA) is 50.2 Å². The van der Waals surface area contributed by atoms with Gasteiger partial charge in [-0.2, -0.15) is 5.10 Å². The Kier molecular flexibility index (Phi) is 4.05. The maximum Gasteiger partial charge on any atom is 0.247 e. The van der Waals surface area contributed by atoms with Crippen molar-refractivity contribution in [3.05, 3.63) is 18.5 Å². The highest BCUT2D eigenvalue weighted by molar-refractivity contribution is 5.80. The molecule has 0 radical (unpaired) electrons. The molecule has 1 aromatic heterocycles. The Morgan fingerprint density at radius 2 is 2.30 bits per heavy atom. The van der Waals surface area contributed by atoms with Crippen LogP contribution in [0.25, 0.3) is 0 Å². The van der Waals surface area contributed by atoms with E-state index in [9.17, 15) is 4.79 Å². The quantitative estimate of drug-likeness (QED) is 0.908. The number of nitrogens with one attached hydrogen (secondary N) is 1. The van der Waals surface area contributed by atoms with Gasteiger partial charge in [0.15, 0.2) is 0 Å². The number of amides is 1. The Morgan fingerprint density at radius 1 is 1.40 bits per heavy atom. The zero-order valence-corrected chi connectivity index (χ0v) is 12.2. The van der Waals surface area contributed by atoms with Crippen LogP contribution in [0, 0.1) is 5.92 Å². The summed E-state index contributed by atoms with van der Waals surface area (Å²) in [6.45, 7) is 4.88. The predicted octanol–water partition coefficient (Wildman–Crippen LogP) is 1.43. The van der Waals surface area contributed by atoms with E-state index in [4.69, 9.17) is 0 Å². The lowest BCUT2D eigenvalue weighted by atomic mass is 9.89. The van der Waals surface area contributed by atoms with E-state index in [-0.39, 0.29) is 11.9 Å². The maximum absolute atomic E-state index is 12.6. The second-order valence-electron chi connectivity index (χ2n) is 6.05. The number of carbonyl (C=O) groups is 1. The van der Waals surface area contributed by atoms with Gasteiger partial charge in [-0.3, -0.25) is 9.48 Å². The van der Waals surface area contributed by atoms with Crippen molar-refractivity contribution < 1.29 is 4.79 Å². The van der Waals surface area contributed by atoms with E-state index in [1.165, 1.54) is 19.3 Å². The lowest BCUT2D eigenvalue weighted by molar-refractivity contribution is -0.136. The number of hydrogen-bond donors (Lipinski definition) is 1. The van der Waals surface area contributed by atoms with Crippen molar-refractivity contribution in [2.45, 2.75) is 44.7 Å². The lowest BCUT2D eigenvalue weighted by Gasteiger charge is -2.37. The van der Waals surface area contributed by atoms with Gasteiger partial charge in [0, 0.05) is 31.5 Å². The molecule has 0 saturated carbocycles. The third-order valence-corrected chi connectivity index (χ3v) is 4.72. The summed E-state index contributed by atoms with van der Waals surface area (Å²) >= 11 is 0. The molecular weight excluding hydrogens is 252 g/mol. The van der Waals surface area contributed by atoms with E-state index in [0.29, 0.717) is 12.0 Å². The molecule has 3 rings (SSSR count). The Morgan fingerprint density at radius 3 is 3.00 bits per heavy atom. The van der Waals surface area contributed by atoms with Gasteiger partial charge in [-0.05, 0) is 51.1 Å². The first-order chi connectivity index (χ1) is 9.75. The van der Waals surface area contributed by atoms with Crippen molar-refractivity contribution in [3.63, 3.8) is 0 Å². The number of nitrogens with zero attached hydrogens (tertiary/aromatic N) is 3. The van der Waals surface area contributed by atoms with Gasteiger partial charge in [0.05, 0.1) is 0 Å². The van der Waals surface area contributed by atoms with Gasteiger partial charge in [0.1, 0.15) is 6.04 Å². The minimum absolute atomic E-state index is 0.194. The third kappa shape index (κ3) is 2.73. The molecule has 2 saturated heterocycles. The van der Waals surface area contributed by atoms with Crippen LogP contribution >= 0.6 is 0 Å². The van der Waals surface area contributed by atoms with Gasteiger partial charge in [0.2, 0.25) is 5.91 Å². The van der Waals surface area contributed by atoms with Crippen LogP contribution in [0.1, 0.15) is 38.6 Å². The van der Waals surface area contributed by atoms with E-state index in [1.54, 1.807) is 10.9 Å². The molecule has 5 nitrogen and oxygen atoms in total. The summed E-state index contributed by atoms with van der Waals surface area (Å²) in [4.78, 5) is 14.6. The average molecular weight is 276 g/mol. The highest BCUT2D eigenvalue weighted by Crippen LogP contribution is 2.26. The van der Waals surface area contributed by atoms with Crippen molar-refractivity contribution in [1.82, 2.24) is 20.0 Å². The molecule has 0 aliphatic carbocycles. The number of carbonyl (C=O) groups excluding carboxylic acids is 1. The minimum Gasteiger partial charge on any atom is -0.341 e. The van der Waals surface area contributed by atoms with Crippen LogP contribution in [0.15, 0.2) is 18.5 Å². The predicted molar refractivity (Wildman–Crippen MR) is 77.3 cm³/mol. The molecule has 2 fully saturated rings. The minimum atomic E-state index is -0.194. The number of hydrogen-bond acceptors (Lipinski definition) is 3. The molecular formula is C15H24N4O. The fraction of sp³-hybridized carbons (Fsp3) is 0.733.